The molecule has 110 valence electrons. The minimum Gasteiger partial charge on any atom is -0.352 e. The fraction of sp³-hybridized carbons (Fsp3) is 0.294. The van der Waals surface area contributed by atoms with Crippen LogP contribution in [0.15, 0.2) is 41.8 Å². The summed E-state index contributed by atoms with van der Waals surface area (Å²) in [4.78, 5) is 16.4. The maximum absolute atomic E-state index is 12.0. The number of nitrogens with one attached hydrogen (secondary N) is 1. The van der Waals surface area contributed by atoms with Crippen LogP contribution in [0, 0.1) is 6.92 Å². The average molecular weight is 300 g/mol. The molecule has 0 aliphatic carbocycles. The molecular weight excluding hydrogens is 280 g/mol. The summed E-state index contributed by atoms with van der Waals surface area (Å²) < 4.78 is 0. The van der Waals surface area contributed by atoms with Crippen LogP contribution in [0.25, 0.3) is 5.57 Å². The topological polar surface area (TPSA) is 42.0 Å². The van der Waals surface area contributed by atoms with E-state index in [1.165, 1.54) is 0 Å². The minimum atomic E-state index is -0.0392. The minimum absolute atomic E-state index is 0.0392. The maximum Gasteiger partial charge on any atom is 0.244 e. The van der Waals surface area contributed by atoms with E-state index in [2.05, 4.69) is 17.2 Å². The van der Waals surface area contributed by atoms with E-state index in [1.54, 1.807) is 17.4 Å². The Bertz CT molecular complexity index is 617. The van der Waals surface area contributed by atoms with Gasteiger partial charge in [0.05, 0.1) is 10.7 Å². The lowest BCUT2D eigenvalue weighted by atomic mass is 10.0. The summed E-state index contributed by atoms with van der Waals surface area (Å²) in [5.74, 6) is -0.0392. The zero-order valence-corrected chi connectivity index (χ0v) is 13.2. The number of carbonyl (C=O) groups excluding carboxylic acids is 1. The molecule has 0 fully saturated rings. The van der Waals surface area contributed by atoms with Crippen LogP contribution in [0.4, 0.5) is 0 Å². The molecule has 0 spiro atoms. The maximum atomic E-state index is 12.0. The molecule has 1 amide bonds. The number of aryl methyl sites for hydroxylation is 1. The number of nitrogens with zero attached hydrogens (tertiary/aromatic N) is 1. The Labute approximate surface area is 129 Å². The van der Waals surface area contributed by atoms with Gasteiger partial charge < -0.3 is 5.32 Å². The molecule has 1 heterocycles. The lowest BCUT2D eigenvalue weighted by Crippen LogP contribution is -2.24. The molecule has 0 unspecified atom stereocenters. The standard InChI is InChI=1S/C17H20N2OS/c1-3-14(15-7-5-4-6-8-15)11-17(20)18-10-9-16-12-21-13(2)19-16/h4-8,11-12H,3,9-10H2,1-2H3,(H,18,20)/b14-11+. The van der Waals surface area contributed by atoms with Gasteiger partial charge in [0, 0.05) is 24.4 Å². The Hall–Kier alpha value is -1.94. The highest BCUT2D eigenvalue weighted by Crippen LogP contribution is 2.17. The molecule has 0 aliphatic rings. The summed E-state index contributed by atoms with van der Waals surface area (Å²) >= 11 is 1.64. The highest BCUT2D eigenvalue weighted by molar-refractivity contribution is 7.09. The molecule has 0 atom stereocenters. The molecule has 0 radical (unpaired) electrons. The van der Waals surface area contributed by atoms with Gasteiger partial charge in [0.25, 0.3) is 0 Å². The van der Waals surface area contributed by atoms with Gasteiger partial charge in [0.15, 0.2) is 0 Å². The summed E-state index contributed by atoms with van der Waals surface area (Å²) in [7, 11) is 0. The van der Waals surface area contributed by atoms with Gasteiger partial charge in [-0.15, -0.1) is 11.3 Å². The van der Waals surface area contributed by atoms with E-state index in [4.69, 9.17) is 0 Å². The molecule has 1 aromatic carbocycles. The molecule has 21 heavy (non-hydrogen) atoms. The Kier molecular flexibility index (Phi) is 5.69. The first kappa shape index (κ1) is 15.4. The van der Waals surface area contributed by atoms with E-state index in [1.807, 2.05) is 42.6 Å². The van der Waals surface area contributed by atoms with Crippen molar-refractivity contribution in [2.45, 2.75) is 26.7 Å². The molecule has 0 aliphatic heterocycles. The van der Waals surface area contributed by atoms with Crippen LogP contribution in [-0.4, -0.2) is 17.4 Å². The predicted molar refractivity (Wildman–Crippen MR) is 88.3 cm³/mol. The van der Waals surface area contributed by atoms with Crippen LogP contribution in [0.1, 0.15) is 29.6 Å². The Balaban J connectivity index is 1.89. The van der Waals surface area contributed by atoms with Crippen molar-refractivity contribution in [3.8, 4) is 0 Å². The van der Waals surface area contributed by atoms with Gasteiger partial charge in [-0.1, -0.05) is 37.3 Å². The van der Waals surface area contributed by atoms with Crippen molar-refractivity contribution in [3.63, 3.8) is 0 Å². The lowest BCUT2D eigenvalue weighted by Gasteiger charge is -2.06. The van der Waals surface area contributed by atoms with E-state index in [-0.39, 0.29) is 5.91 Å². The second kappa shape index (κ2) is 7.74. The SMILES string of the molecule is CC/C(=C\C(=O)NCCc1csc(C)n1)c1ccccc1. The molecule has 4 heteroatoms. The third-order valence-electron chi connectivity index (χ3n) is 3.18. The van der Waals surface area contributed by atoms with E-state index in [0.29, 0.717) is 6.54 Å². The fourth-order valence-electron chi connectivity index (χ4n) is 2.09. The van der Waals surface area contributed by atoms with Crippen LogP contribution in [0.2, 0.25) is 0 Å². The molecule has 0 saturated heterocycles. The van der Waals surface area contributed by atoms with Crippen molar-refractivity contribution in [1.29, 1.82) is 0 Å². The molecule has 1 aromatic heterocycles. The molecule has 1 N–H and O–H groups in total. The molecular formula is C17H20N2OS. The molecule has 2 rings (SSSR count). The van der Waals surface area contributed by atoms with Gasteiger partial charge >= 0.3 is 0 Å². The lowest BCUT2D eigenvalue weighted by molar-refractivity contribution is -0.116. The zero-order chi connectivity index (χ0) is 15.1. The summed E-state index contributed by atoms with van der Waals surface area (Å²) in [6, 6.07) is 10.0. The summed E-state index contributed by atoms with van der Waals surface area (Å²) in [5.41, 5.74) is 3.20. The van der Waals surface area contributed by atoms with Gasteiger partial charge in [0.1, 0.15) is 0 Å². The van der Waals surface area contributed by atoms with Crippen LogP contribution < -0.4 is 5.32 Å². The van der Waals surface area contributed by atoms with Crippen LogP contribution in [0.3, 0.4) is 0 Å². The highest BCUT2D eigenvalue weighted by atomic mass is 32.1. The summed E-state index contributed by atoms with van der Waals surface area (Å²) in [6.45, 7) is 4.66. The third-order valence-corrected chi connectivity index (χ3v) is 4.00. The van der Waals surface area contributed by atoms with E-state index >= 15 is 0 Å². The van der Waals surface area contributed by atoms with Gasteiger partial charge in [-0.25, -0.2) is 4.98 Å². The monoisotopic (exact) mass is 300 g/mol. The van der Waals surface area contributed by atoms with E-state index < -0.39 is 0 Å². The van der Waals surface area contributed by atoms with Crippen LogP contribution in [0.5, 0.6) is 0 Å². The smallest absolute Gasteiger partial charge is 0.244 e. The van der Waals surface area contributed by atoms with Crippen molar-refractivity contribution in [2.75, 3.05) is 6.54 Å². The van der Waals surface area contributed by atoms with Crippen molar-refractivity contribution >= 4 is 22.8 Å². The van der Waals surface area contributed by atoms with Crippen molar-refractivity contribution in [3.05, 3.63) is 58.1 Å². The molecule has 0 bridgehead atoms. The first-order valence-corrected chi connectivity index (χ1v) is 8.02. The van der Waals surface area contributed by atoms with Crippen molar-refractivity contribution in [1.82, 2.24) is 10.3 Å². The third kappa shape index (κ3) is 4.83. The van der Waals surface area contributed by atoms with Gasteiger partial charge in [-0.2, -0.15) is 0 Å². The van der Waals surface area contributed by atoms with E-state index in [9.17, 15) is 4.79 Å². The number of hydrogen-bond donors (Lipinski definition) is 1. The summed E-state index contributed by atoms with van der Waals surface area (Å²) in [5, 5.41) is 6.03. The first-order chi connectivity index (χ1) is 10.2. The van der Waals surface area contributed by atoms with Crippen LogP contribution in [-0.2, 0) is 11.2 Å². The first-order valence-electron chi connectivity index (χ1n) is 7.14. The second-order valence-electron chi connectivity index (χ2n) is 4.79. The number of thiazole rings is 1. The van der Waals surface area contributed by atoms with Gasteiger partial charge in [0.2, 0.25) is 5.91 Å². The predicted octanol–water partition coefficient (Wildman–Crippen LogP) is 3.60. The van der Waals surface area contributed by atoms with Crippen molar-refractivity contribution < 1.29 is 4.79 Å². The molecule has 0 saturated carbocycles. The molecule has 2 aromatic rings. The number of hydrogen-bond acceptors (Lipinski definition) is 3. The quantitative estimate of drug-likeness (QED) is 0.828. The Morgan fingerprint density at radius 2 is 2.10 bits per heavy atom. The normalized spacial score (nSPS) is 11.4. The van der Waals surface area contributed by atoms with E-state index in [0.717, 1.165) is 34.7 Å². The number of amides is 1. The van der Waals surface area contributed by atoms with Gasteiger partial charge in [-0.3, -0.25) is 4.79 Å². The van der Waals surface area contributed by atoms with Crippen molar-refractivity contribution in [2.24, 2.45) is 0 Å². The highest BCUT2D eigenvalue weighted by Gasteiger charge is 2.03. The number of carbonyl (C=O) groups is 1. The van der Waals surface area contributed by atoms with Gasteiger partial charge in [-0.05, 0) is 24.5 Å². The summed E-state index contributed by atoms with van der Waals surface area (Å²) in [6.07, 6.45) is 3.31. The zero-order valence-electron chi connectivity index (χ0n) is 12.4. The van der Waals surface area contributed by atoms with Crippen LogP contribution >= 0.6 is 11.3 Å². The second-order valence-corrected chi connectivity index (χ2v) is 5.85. The Morgan fingerprint density at radius 3 is 2.71 bits per heavy atom. The fourth-order valence-corrected chi connectivity index (χ4v) is 2.73. The Morgan fingerprint density at radius 1 is 1.33 bits per heavy atom. The number of allylic oxidation sites excluding steroid dienone is 1. The number of benzene rings is 1. The number of rotatable bonds is 6. The molecule has 3 nitrogen and oxygen atoms in total. The average Bonchev–Trinajstić information content (AvgIpc) is 2.91. The number of aromatic nitrogens is 1. The largest absolute Gasteiger partial charge is 0.352 e.